The number of aliphatic hydroxyl groups excluding tert-OH is 1. The zero-order valence-corrected chi connectivity index (χ0v) is 20.1. The monoisotopic (exact) mass is 530 g/mol. The molecule has 0 aliphatic carbocycles. The Balaban J connectivity index is 1.60. The maximum absolute atomic E-state index is 12.8. The average Bonchev–Trinajstić information content (AvgIpc) is 2.77. The van der Waals surface area contributed by atoms with Gasteiger partial charge in [-0.25, -0.2) is 4.79 Å². The molecule has 0 spiro atoms. The lowest BCUT2D eigenvalue weighted by Gasteiger charge is -2.27. The molecule has 3 amide bonds. The minimum atomic E-state index is -4.58. The lowest BCUT2D eigenvalue weighted by atomic mass is 10.0. The Bertz CT molecular complexity index is 1140. The van der Waals surface area contributed by atoms with E-state index in [0.717, 1.165) is 23.8 Å². The van der Waals surface area contributed by atoms with Gasteiger partial charge in [0.15, 0.2) is 0 Å². The number of nitrogens with one attached hydrogen (secondary N) is 2. The lowest BCUT2D eigenvalue weighted by Crippen LogP contribution is -2.38. The maximum Gasteiger partial charge on any atom is 0.417 e. The van der Waals surface area contributed by atoms with Crippen LogP contribution in [0.3, 0.4) is 0 Å². The molecule has 2 aromatic rings. The van der Waals surface area contributed by atoms with Crippen molar-refractivity contribution in [3.8, 4) is 0 Å². The average molecular weight is 531 g/mol. The minimum absolute atomic E-state index is 0.121. The van der Waals surface area contributed by atoms with E-state index in [-0.39, 0.29) is 31.1 Å². The summed E-state index contributed by atoms with van der Waals surface area (Å²) in [4.78, 5) is 29.4. The van der Waals surface area contributed by atoms with Crippen LogP contribution in [-0.4, -0.2) is 52.7 Å². The molecule has 1 aliphatic heterocycles. The number of rotatable bonds is 6. The number of pyridine rings is 1. The molecule has 3 rings (SSSR count). The molecule has 188 valence electrons. The van der Waals surface area contributed by atoms with Gasteiger partial charge in [0.25, 0.3) is 0 Å². The highest BCUT2D eigenvalue weighted by Gasteiger charge is 2.33. The predicted octanol–water partition coefficient (Wildman–Crippen LogP) is 4.77. The van der Waals surface area contributed by atoms with Gasteiger partial charge in [-0.2, -0.15) is 13.2 Å². The zero-order valence-electron chi connectivity index (χ0n) is 18.6. The second-order valence-corrected chi connectivity index (χ2v) is 8.83. The molecule has 35 heavy (non-hydrogen) atoms. The van der Waals surface area contributed by atoms with E-state index >= 15 is 0 Å². The summed E-state index contributed by atoms with van der Waals surface area (Å²) in [6, 6.07) is 4.26. The Morgan fingerprint density at radius 2 is 1.97 bits per heavy atom. The lowest BCUT2D eigenvalue weighted by molar-refractivity contribution is -0.137. The molecule has 0 unspecified atom stereocenters. The molecule has 12 heteroatoms. The molecule has 3 N–H and O–H groups in total. The fraction of sp³-hybridized carbons (Fsp3) is 0.348. The van der Waals surface area contributed by atoms with E-state index in [1.54, 1.807) is 12.3 Å². The predicted molar refractivity (Wildman–Crippen MR) is 127 cm³/mol. The second-order valence-electron chi connectivity index (χ2n) is 8.02. The van der Waals surface area contributed by atoms with Crippen LogP contribution >= 0.6 is 23.2 Å². The van der Waals surface area contributed by atoms with Gasteiger partial charge in [-0.05, 0) is 41.8 Å². The molecule has 0 saturated heterocycles. The third-order valence-electron chi connectivity index (χ3n) is 5.28. The first-order valence-corrected chi connectivity index (χ1v) is 11.4. The molecule has 0 radical (unpaired) electrons. The smallest absolute Gasteiger partial charge is 0.391 e. The maximum atomic E-state index is 12.8. The molecule has 7 nitrogen and oxygen atoms in total. The number of carbonyl (C=O) groups is 2. The van der Waals surface area contributed by atoms with Gasteiger partial charge in [-0.1, -0.05) is 29.3 Å². The molecule has 0 bridgehead atoms. The van der Waals surface area contributed by atoms with Gasteiger partial charge >= 0.3 is 12.2 Å². The van der Waals surface area contributed by atoms with Gasteiger partial charge in [0.1, 0.15) is 0 Å². The third kappa shape index (κ3) is 7.33. The number of benzene rings is 1. The highest BCUT2D eigenvalue weighted by atomic mass is 35.5. The van der Waals surface area contributed by atoms with Gasteiger partial charge in [0.2, 0.25) is 5.91 Å². The van der Waals surface area contributed by atoms with Crippen molar-refractivity contribution in [3.05, 3.63) is 63.4 Å². The summed E-state index contributed by atoms with van der Waals surface area (Å²) in [6.07, 6.45) is -1.20. The number of hydrogen-bond donors (Lipinski definition) is 3. The van der Waals surface area contributed by atoms with E-state index < -0.39 is 28.9 Å². The first kappa shape index (κ1) is 26.8. The van der Waals surface area contributed by atoms with Gasteiger partial charge in [-0.3, -0.25) is 9.78 Å². The molecule has 0 saturated carbocycles. The summed E-state index contributed by atoms with van der Waals surface area (Å²) in [6.45, 7) is 2.09. The standard InChI is InChI=1S/C23H23Cl2F3N4O3/c1-13(33)29-12-17(34)8-14-9-20(25)21(30-11-14)15-4-6-32(7-5-15)22(35)31-16-2-3-18(19(24)10-16)23(26,27)28/h2-4,9-11,17,34H,5-8,12H2,1H3,(H,29,33)(H,31,35)/t17-/m0/s1. The topological polar surface area (TPSA) is 94.6 Å². The van der Waals surface area contributed by atoms with Crippen LogP contribution in [0.4, 0.5) is 23.7 Å². The Morgan fingerprint density at radius 3 is 2.54 bits per heavy atom. The number of nitrogens with zero attached hydrogens (tertiary/aromatic N) is 2. The van der Waals surface area contributed by atoms with Crippen molar-refractivity contribution < 1.29 is 27.9 Å². The fourth-order valence-corrected chi connectivity index (χ4v) is 4.12. The van der Waals surface area contributed by atoms with Crippen molar-refractivity contribution in [2.24, 2.45) is 0 Å². The zero-order chi connectivity index (χ0) is 25.8. The number of anilines is 1. The van der Waals surface area contributed by atoms with Gasteiger partial charge in [-0.15, -0.1) is 0 Å². The van der Waals surface area contributed by atoms with Crippen LogP contribution in [-0.2, 0) is 17.4 Å². The van der Waals surface area contributed by atoms with Crippen molar-refractivity contribution in [2.75, 3.05) is 25.0 Å². The number of alkyl halides is 3. The number of amides is 3. The van der Waals surface area contributed by atoms with Crippen molar-refractivity contribution >= 4 is 46.4 Å². The van der Waals surface area contributed by atoms with Crippen LogP contribution in [0.25, 0.3) is 5.57 Å². The highest BCUT2D eigenvalue weighted by Crippen LogP contribution is 2.36. The minimum Gasteiger partial charge on any atom is -0.391 e. The summed E-state index contributed by atoms with van der Waals surface area (Å²) in [5.41, 5.74) is 1.32. The van der Waals surface area contributed by atoms with Crippen LogP contribution in [0, 0.1) is 0 Å². The summed E-state index contributed by atoms with van der Waals surface area (Å²) in [5.74, 6) is -0.231. The van der Waals surface area contributed by atoms with Crippen molar-refractivity contribution in [1.82, 2.24) is 15.2 Å². The van der Waals surface area contributed by atoms with Crippen LogP contribution in [0.15, 0.2) is 36.5 Å². The van der Waals surface area contributed by atoms with Crippen molar-refractivity contribution in [3.63, 3.8) is 0 Å². The molecular formula is C23H23Cl2F3N4O3. The summed E-state index contributed by atoms with van der Waals surface area (Å²) < 4.78 is 38.5. The van der Waals surface area contributed by atoms with E-state index in [1.165, 1.54) is 11.8 Å². The first-order valence-electron chi connectivity index (χ1n) is 10.6. The summed E-state index contributed by atoms with van der Waals surface area (Å²) in [7, 11) is 0. The Morgan fingerprint density at radius 1 is 1.23 bits per heavy atom. The quantitative estimate of drug-likeness (QED) is 0.501. The molecular weight excluding hydrogens is 508 g/mol. The normalized spacial score (nSPS) is 14.8. The highest BCUT2D eigenvalue weighted by molar-refractivity contribution is 6.32. The second kappa shape index (κ2) is 11.3. The van der Waals surface area contributed by atoms with Crippen molar-refractivity contribution in [2.45, 2.75) is 32.0 Å². The van der Waals surface area contributed by atoms with Crippen LogP contribution < -0.4 is 10.6 Å². The Hall–Kier alpha value is -2.82. The Labute approximate surface area is 209 Å². The van der Waals surface area contributed by atoms with E-state index in [0.29, 0.717) is 29.2 Å². The van der Waals surface area contributed by atoms with E-state index in [4.69, 9.17) is 23.2 Å². The number of aromatic nitrogens is 1. The number of halogens is 5. The number of carbonyl (C=O) groups excluding carboxylic acids is 2. The SMILES string of the molecule is CC(=O)NC[C@@H](O)Cc1cnc(C2=CCN(C(=O)Nc3ccc(C(F)(F)F)c(Cl)c3)CC2)c(Cl)c1. The van der Waals surface area contributed by atoms with Gasteiger partial charge in [0.05, 0.1) is 27.4 Å². The largest absolute Gasteiger partial charge is 0.417 e. The molecule has 2 heterocycles. The number of aliphatic hydroxyl groups is 1. The molecule has 0 fully saturated rings. The number of hydrogen-bond acceptors (Lipinski definition) is 4. The van der Waals surface area contributed by atoms with E-state index in [9.17, 15) is 27.9 Å². The van der Waals surface area contributed by atoms with Crippen LogP contribution in [0.2, 0.25) is 10.0 Å². The molecule has 1 atom stereocenters. The van der Waals surface area contributed by atoms with E-state index in [1.807, 2.05) is 6.08 Å². The van der Waals surface area contributed by atoms with Gasteiger partial charge in [0, 0.05) is 44.9 Å². The summed E-state index contributed by atoms with van der Waals surface area (Å²) >= 11 is 12.1. The van der Waals surface area contributed by atoms with Crippen molar-refractivity contribution in [1.29, 1.82) is 0 Å². The van der Waals surface area contributed by atoms with E-state index in [2.05, 4.69) is 15.6 Å². The number of urea groups is 1. The molecule has 1 aliphatic rings. The van der Waals surface area contributed by atoms with Crippen LogP contribution in [0.1, 0.15) is 30.2 Å². The molecule has 1 aromatic carbocycles. The Kier molecular flexibility index (Phi) is 8.63. The fourth-order valence-electron chi connectivity index (χ4n) is 3.53. The van der Waals surface area contributed by atoms with Gasteiger partial charge < -0.3 is 20.6 Å². The third-order valence-corrected chi connectivity index (χ3v) is 5.88. The summed E-state index contributed by atoms with van der Waals surface area (Å²) in [5, 5.41) is 15.0. The molecule has 1 aromatic heterocycles. The van der Waals surface area contributed by atoms with Crippen LogP contribution in [0.5, 0.6) is 0 Å². The first-order chi connectivity index (χ1) is 16.4.